The summed E-state index contributed by atoms with van der Waals surface area (Å²) in [6.07, 6.45) is 5.31. The van der Waals surface area contributed by atoms with E-state index in [9.17, 15) is 10.2 Å². The molecule has 13 heavy (non-hydrogen) atoms. The number of unbranched alkanes of at least 4 members (excludes halogenated alkanes) is 2. The minimum absolute atomic E-state index is 0.467. The van der Waals surface area contributed by atoms with E-state index < -0.39 is 11.7 Å². The Balaban J connectivity index is 3.99. The van der Waals surface area contributed by atoms with E-state index in [0.717, 1.165) is 19.3 Å². The molecule has 0 bridgehead atoms. The summed E-state index contributed by atoms with van der Waals surface area (Å²) in [6.45, 7) is 7.34. The molecule has 0 amide bonds. The van der Waals surface area contributed by atoms with Crippen LogP contribution in [-0.2, 0) is 0 Å². The van der Waals surface area contributed by atoms with Gasteiger partial charge in [-0.3, -0.25) is 0 Å². The van der Waals surface area contributed by atoms with Gasteiger partial charge in [-0.2, -0.15) is 0 Å². The molecule has 2 N–H and O–H groups in total. The maximum Gasteiger partial charge on any atom is 0.0936 e. The van der Waals surface area contributed by atoms with E-state index in [0.29, 0.717) is 12.8 Å². The molecule has 2 heteroatoms. The fourth-order valence-corrected chi connectivity index (χ4v) is 1.41. The van der Waals surface area contributed by atoms with Crippen LogP contribution in [0.25, 0.3) is 0 Å². The van der Waals surface area contributed by atoms with Gasteiger partial charge in [0, 0.05) is 0 Å². The number of aliphatic hydroxyl groups excluding tert-OH is 1. The Labute approximate surface area is 81.3 Å². The van der Waals surface area contributed by atoms with Gasteiger partial charge in [0.2, 0.25) is 0 Å². The Hall–Kier alpha value is -0.340. The maximum atomic E-state index is 9.99. The van der Waals surface area contributed by atoms with Gasteiger partial charge in [-0.15, -0.1) is 6.58 Å². The molecule has 0 saturated carbocycles. The molecule has 2 nitrogen and oxygen atoms in total. The van der Waals surface area contributed by atoms with Gasteiger partial charge in [-0.05, 0) is 19.8 Å². The van der Waals surface area contributed by atoms with Crippen LogP contribution in [0.15, 0.2) is 12.7 Å². The second-order valence-electron chi connectivity index (χ2n) is 3.73. The molecule has 0 rings (SSSR count). The molecule has 0 spiro atoms. The lowest BCUT2D eigenvalue weighted by molar-refractivity contribution is -0.0705. The number of rotatable bonds is 7. The van der Waals surface area contributed by atoms with E-state index in [2.05, 4.69) is 13.5 Å². The first kappa shape index (κ1) is 12.7. The Morgan fingerprint density at radius 1 is 1.46 bits per heavy atom. The molecular formula is C11H22O2. The average Bonchev–Trinajstić information content (AvgIpc) is 2.05. The summed E-state index contributed by atoms with van der Waals surface area (Å²) < 4.78 is 0. The zero-order valence-electron chi connectivity index (χ0n) is 8.79. The van der Waals surface area contributed by atoms with Crippen molar-refractivity contribution in [1.29, 1.82) is 0 Å². The highest BCUT2D eigenvalue weighted by atomic mass is 16.3. The summed E-state index contributed by atoms with van der Waals surface area (Å²) in [7, 11) is 0. The lowest BCUT2D eigenvalue weighted by Gasteiger charge is -2.30. The van der Waals surface area contributed by atoms with Crippen molar-refractivity contribution in [2.75, 3.05) is 0 Å². The van der Waals surface area contributed by atoms with Gasteiger partial charge in [0.15, 0.2) is 0 Å². The largest absolute Gasteiger partial charge is 0.390 e. The van der Waals surface area contributed by atoms with Gasteiger partial charge in [0.1, 0.15) is 0 Å². The van der Waals surface area contributed by atoms with E-state index >= 15 is 0 Å². The van der Waals surface area contributed by atoms with Crippen LogP contribution >= 0.6 is 0 Å². The highest BCUT2D eigenvalue weighted by molar-refractivity contribution is 4.90. The Morgan fingerprint density at radius 3 is 2.46 bits per heavy atom. The topological polar surface area (TPSA) is 40.5 Å². The minimum atomic E-state index is -0.961. The lowest BCUT2D eigenvalue weighted by Crippen LogP contribution is -2.39. The quantitative estimate of drug-likeness (QED) is 0.473. The third-order valence-electron chi connectivity index (χ3n) is 2.49. The van der Waals surface area contributed by atoms with Crippen molar-refractivity contribution < 1.29 is 10.2 Å². The van der Waals surface area contributed by atoms with Crippen molar-refractivity contribution in [3.05, 3.63) is 12.7 Å². The molecule has 0 heterocycles. The van der Waals surface area contributed by atoms with Crippen LogP contribution < -0.4 is 0 Å². The molecule has 0 radical (unpaired) electrons. The molecule has 0 aliphatic heterocycles. The minimum Gasteiger partial charge on any atom is -0.390 e. The van der Waals surface area contributed by atoms with Crippen molar-refractivity contribution in [1.82, 2.24) is 0 Å². The predicted molar refractivity (Wildman–Crippen MR) is 55.6 cm³/mol. The molecule has 2 atom stereocenters. The standard InChI is InChI=1S/C11H22O2/c1-4-6-7-9-11(13,8-5-2)10(3)12/h5,10,12-13H,2,4,6-9H2,1,3H3. The van der Waals surface area contributed by atoms with Crippen LogP contribution in [0.2, 0.25) is 0 Å². The molecular weight excluding hydrogens is 164 g/mol. The molecule has 0 aliphatic carbocycles. The van der Waals surface area contributed by atoms with Gasteiger partial charge in [-0.25, -0.2) is 0 Å². The van der Waals surface area contributed by atoms with Crippen molar-refractivity contribution in [3.8, 4) is 0 Å². The monoisotopic (exact) mass is 186 g/mol. The number of hydrogen-bond acceptors (Lipinski definition) is 2. The first-order valence-corrected chi connectivity index (χ1v) is 5.08. The van der Waals surface area contributed by atoms with E-state index in [1.54, 1.807) is 13.0 Å². The summed E-state index contributed by atoms with van der Waals surface area (Å²) >= 11 is 0. The second-order valence-corrected chi connectivity index (χ2v) is 3.73. The third-order valence-corrected chi connectivity index (χ3v) is 2.49. The highest BCUT2D eigenvalue weighted by Gasteiger charge is 2.30. The van der Waals surface area contributed by atoms with E-state index in [1.165, 1.54) is 0 Å². The molecule has 0 saturated heterocycles. The Kier molecular flexibility index (Phi) is 6.00. The Bertz CT molecular complexity index is 143. The van der Waals surface area contributed by atoms with Gasteiger partial charge in [0.25, 0.3) is 0 Å². The lowest BCUT2D eigenvalue weighted by atomic mass is 9.88. The molecule has 2 unspecified atom stereocenters. The van der Waals surface area contributed by atoms with Crippen LogP contribution in [0.4, 0.5) is 0 Å². The average molecular weight is 186 g/mol. The molecule has 0 aromatic heterocycles. The van der Waals surface area contributed by atoms with Crippen LogP contribution in [0.3, 0.4) is 0 Å². The van der Waals surface area contributed by atoms with Crippen molar-refractivity contribution in [2.24, 2.45) is 0 Å². The first-order valence-electron chi connectivity index (χ1n) is 5.08. The molecule has 78 valence electrons. The smallest absolute Gasteiger partial charge is 0.0936 e. The fourth-order valence-electron chi connectivity index (χ4n) is 1.41. The van der Waals surface area contributed by atoms with Gasteiger partial charge < -0.3 is 10.2 Å². The van der Waals surface area contributed by atoms with Crippen molar-refractivity contribution in [3.63, 3.8) is 0 Å². The summed E-state index contributed by atoms with van der Waals surface area (Å²) in [6, 6.07) is 0. The SMILES string of the molecule is C=CCC(O)(CCCCC)C(C)O. The molecule has 0 aromatic rings. The third kappa shape index (κ3) is 4.44. The Morgan fingerprint density at radius 2 is 2.08 bits per heavy atom. The van der Waals surface area contributed by atoms with Crippen LogP contribution in [0, 0.1) is 0 Å². The first-order chi connectivity index (χ1) is 6.06. The molecule has 0 aliphatic rings. The zero-order chi connectivity index (χ0) is 10.3. The maximum absolute atomic E-state index is 9.99. The summed E-state index contributed by atoms with van der Waals surface area (Å²) in [5.74, 6) is 0. The summed E-state index contributed by atoms with van der Waals surface area (Å²) in [4.78, 5) is 0. The van der Waals surface area contributed by atoms with Crippen molar-refractivity contribution >= 4 is 0 Å². The summed E-state index contributed by atoms with van der Waals surface area (Å²) in [5.41, 5.74) is -0.961. The highest BCUT2D eigenvalue weighted by Crippen LogP contribution is 2.23. The molecule has 0 aromatic carbocycles. The van der Waals surface area contributed by atoms with Crippen LogP contribution in [0.1, 0.15) is 46.0 Å². The van der Waals surface area contributed by atoms with Gasteiger partial charge in [0.05, 0.1) is 11.7 Å². The summed E-state index contributed by atoms with van der Waals surface area (Å²) in [5, 5.41) is 19.4. The molecule has 0 fully saturated rings. The predicted octanol–water partition coefficient (Wildman–Crippen LogP) is 2.25. The fraction of sp³-hybridized carbons (Fsp3) is 0.818. The van der Waals surface area contributed by atoms with E-state index in [-0.39, 0.29) is 0 Å². The van der Waals surface area contributed by atoms with Crippen LogP contribution in [-0.4, -0.2) is 21.9 Å². The van der Waals surface area contributed by atoms with Crippen LogP contribution in [0.5, 0.6) is 0 Å². The normalized spacial score (nSPS) is 17.8. The number of hydrogen-bond donors (Lipinski definition) is 2. The van der Waals surface area contributed by atoms with Gasteiger partial charge >= 0.3 is 0 Å². The van der Waals surface area contributed by atoms with Gasteiger partial charge in [-0.1, -0.05) is 32.3 Å². The second kappa shape index (κ2) is 6.17. The van der Waals surface area contributed by atoms with E-state index in [1.807, 2.05) is 0 Å². The van der Waals surface area contributed by atoms with Crippen molar-refractivity contribution in [2.45, 2.75) is 57.7 Å². The zero-order valence-corrected chi connectivity index (χ0v) is 8.79. The van der Waals surface area contributed by atoms with E-state index in [4.69, 9.17) is 0 Å². The number of aliphatic hydroxyl groups is 2.